The summed E-state index contributed by atoms with van der Waals surface area (Å²) in [5.74, 6) is 1.75. The maximum atomic E-state index is 11.4. The Balaban J connectivity index is 1.36. The van der Waals surface area contributed by atoms with Crippen LogP contribution < -0.4 is 4.74 Å². The fourth-order valence-corrected chi connectivity index (χ4v) is 4.16. The van der Waals surface area contributed by atoms with E-state index in [1.807, 2.05) is 37.3 Å². The summed E-state index contributed by atoms with van der Waals surface area (Å²) in [7, 11) is 0. The lowest BCUT2D eigenvalue weighted by Gasteiger charge is -2.10. The predicted molar refractivity (Wildman–Crippen MR) is 118 cm³/mol. The van der Waals surface area contributed by atoms with Crippen LogP contribution in [0, 0.1) is 11.8 Å². The molecule has 6 nitrogen and oxygen atoms in total. The van der Waals surface area contributed by atoms with Crippen LogP contribution >= 0.6 is 0 Å². The molecule has 31 heavy (non-hydrogen) atoms. The Morgan fingerprint density at radius 2 is 2.03 bits per heavy atom. The summed E-state index contributed by atoms with van der Waals surface area (Å²) in [4.78, 5) is 26.4. The van der Waals surface area contributed by atoms with Crippen LogP contribution in [0.4, 0.5) is 0 Å². The van der Waals surface area contributed by atoms with E-state index in [4.69, 9.17) is 9.15 Å². The minimum Gasteiger partial charge on any atom is -0.493 e. The van der Waals surface area contributed by atoms with Crippen molar-refractivity contribution in [1.82, 2.24) is 4.98 Å². The van der Waals surface area contributed by atoms with E-state index < -0.39 is 5.91 Å². The van der Waals surface area contributed by atoms with Crippen molar-refractivity contribution in [2.45, 2.75) is 51.9 Å². The molecule has 2 aromatic carbocycles. The van der Waals surface area contributed by atoms with Crippen LogP contribution in [0.1, 0.15) is 53.8 Å². The summed E-state index contributed by atoms with van der Waals surface area (Å²) in [6.45, 7) is 4.56. The SMILES string of the molecule is CCc1ccc(-c2nc(CCOc3ccc4c(c3)CC[C@H]4CC(=O)N=O)c(C)o2)cc1. The van der Waals surface area contributed by atoms with Gasteiger partial charge in [0.1, 0.15) is 11.5 Å². The first kappa shape index (κ1) is 21.0. The highest BCUT2D eigenvalue weighted by atomic mass is 16.5. The first-order valence-corrected chi connectivity index (χ1v) is 10.7. The fourth-order valence-electron chi connectivity index (χ4n) is 4.16. The molecule has 0 aliphatic heterocycles. The largest absolute Gasteiger partial charge is 0.493 e. The zero-order chi connectivity index (χ0) is 21.8. The van der Waals surface area contributed by atoms with Gasteiger partial charge in [0.2, 0.25) is 5.89 Å². The molecule has 1 aliphatic carbocycles. The number of hydrogen-bond acceptors (Lipinski definition) is 5. The van der Waals surface area contributed by atoms with Gasteiger partial charge in [0.25, 0.3) is 5.91 Å². The highest BCUT2D eigenvalue weighted by molar-refractivity contribution is 5.77. The van der Waals surface area contributed by atoms with E-state index in [1.54, 1.807) is 0 Å². The van der Waals surface area contributed by atoms with Crippen molar-refractivity contribution in [2.24, 2.45) is 5.18 Å². The van der Waals surface area contributed by atoms with Gasteiger partial charge in [-0.25, -0.2) is 4.98 Å². The summed E-state index contributed by atoms with van der Waals surface area (Å²) in [6.07, 6.45) is 3.59. The molecule has 1 heterocycles. The molecule has 0 N–H and O–H groups in total. The first-order valence-electron chi connectivity index (χ1n) is 10.7. The molecule has 1 aliphatic rings. The highest BCUT2D eigenvalue weighted by Gasteiger charge is 2.25. The standard InChI is InChI=1S/C25H26N2O4/c1-3-17-4-6-18(7-5-17)25-26-23(16(2)31-25)12-13-30-21-10-11-22-19(14-21)8-9-20(22)15-24(28)27-29/h4-7,10-11,14,20H,3,8-9,12-13,15H2,1-2H3/t20-/m0/s1. The number of amides is 1. The van der Waals surface area contributed by atoms with E-state index in [0.717, 1.165) is 47.6 Å². The van der Waals surface area contributed by atoms with E-state index in [1.165, 1.54) is 11.1 Å². The molecule has 0 bridgehead atoms. The molecule has 0 saturated heterocycles. The molecule has 6 heteroatoms. The Labute approximate surface area is 181 Å². The molecule has 0 radical (unpaired) electrons. The fraction of sp³-hybridized carbons (Fsp3) is 0.360. The van der Waals surface area contributed by atoms with Crippen molar-refractivity contribution in [3.63, 3.8) is 0 Å². The van der Waals surface area contributed by atoms with Crippen molar-refractivity contribution in [3.05, 3.63) is 75.5 Å². The third kappa shape index (κ3) is 4.74. The van der Waals surface area contributed by atoms with Crippen molar-refractivity contribution in [2.75, 3.05) is 6.61 Å². The van der Waals surface area contributed by atoms with Crippen LogP contribution in [0.15, 0.2) is 52.1 Å². The van der Waals surface area contributed by atoms with E-state index in [9.17, 15) is 9.70 Å². The van der Waals surface area contributed by atoms with Gasteiger partial charge in [0, 0.05) is 23.6 Å². The van der Waals surface area contributed by atoms with Crippen LogP contribution in [0.25, 0.3) is 11.5 Å². The van der Waals surface area contributed by atoms with Crippen LogP contribution in [0.2, 0.25) is 0 Å². The van der Waals surface area contributed by atoms with E-state index in [0.29, 0.717) is 18.9 Å². The Bertz CT molecular complexity index is 1090. The molecule has 3 aromatic rings. The Hall–Kier alpha value is -3.28. The summed E-state index contributed by atoms with van der Waals surface area (Å²) < 4.78 is 11.8. The lowest BCUT2D eigenvalue weighted by Crippen LogP contribution is -2.04. The maximum absolute atomic E-state index is 11.4. The number of rotatable bonds is 8. The van der Waals surface area contributed by atoms with Gasteiger partial charge in [-0.05, 0) is 73.1 Å². The summed E-state index contributed by atoms with van der Waals surface area (Å²) in [5.41, 5.74) is 5.46. The lowest BCUT2D eigenvalue weighted by atomic mass is 9.97. The summed E-state index contributed by atoms with van der Waals surface area (Å²) in [5, 5.41) is 2.52. The number of ether oxygens (including phenoxy) is 1. The zero-order valence-corrected chi connectivity index (χ0v) is 17.9. The van der Waals surface area contributed by atoms with Crippen molar-refractivity contribution in [3.8, 4) is 17.2 Å². The van der Waals surface area contributed by atoms with Crippen LogP contribution in [-0.2, 0) is 24.1 Å². The number of nitrogens with zero attached hydrogens (tertiary/aromatic N) is 2. The number of aromatic nitrogens is 1. The Morgan fingerprint density at radius 1 is 1.23 bits per heavy atom. The molecule has 1 amide bonds. The normalized spacial score (nSPS) is 15.0. The zero-order valence-electron chi connectivity index (χ0n) is 17.9. The predicted octanol–water partition coefficient (Wildman–Crippen LogP) is 5.55. The maximum Gasteiger partial charge on any atom is 0.286 e. The smallest absolute Gasteiger partial charge is 0.286 e. The third-order valence-corrected chi connectivity index (χ3v) is 5.95. The van der Waals surface area contributed by atoms with E-state index in [-0.39, 0.29) is 12.3 Å². The molecular weight excluding hydrogens is 392 g/mol. The second-order valence-electron chi connectivity index (χ2n) is 7.96. The molecule has 1 aromatic heterocycles. The van der Waals surface area contributed by atoms with Gasteiger partial charge in [0.05, 0.1) is 12.3 Å². The topological polar surface area (TPSA) is 81.8 Å². The minimum absolute atomic E-state index is 0.0804. The molecule has 0 saturated carbocycles. The number of benzene rings is 2. The van der Waals surface area contributed by atoms with Gasteiger partial charge in [-0.2, -0.15) is 0 Å². The van der Waals surface area contributed by atoms with Gasteiger partial charge in [-0.1, -0.05) is 25.1 Å². The number of aryl methyl sites for hydroxylation is 3. The van der Waals surface area contributed by atoms with Gasteiger partial charge >= 0.3 is 0 Å². The average Bonchev–Trinajstić information content (AvgIpc) is 3.36. The van der Waals surface area contributed by atoms with Gasteiger partial charge in [-0.3, -0.25) is 4.79 Å². The lowest BCUT2D eigenvalue weighted by molar-refractivity contribution is -0.118. The molecule has 4 rings (SSSR count). The number of oxazole rings is 1. The number of hydrogen-bond donors (Lipinski definition) is 0. The third-order valence-electron chi connectivity index (χ3n) is 5.95. The average molecular weight is 418 g/mol. The quantitative estimate of drug-likeness (QED) is 0.448. The first-order chi connectivity index (χ1) is 15.1. The van der Waals surface area contributed by atoms with Crippen molar-refractivity contribution < 1.29 is 13.9 Å². The number of carbonyl (C=O) groups excluding carboxylic acids is 1. The summed E-state index contributed by atoms with van der Waals surface area (Å²) in [6, 6.07) is 14.2. The van der Waals surface area contributed by atoms with Gasteiger partial charge < -0.3 is 9.15 Å². The van der Waals surface area contributed by atoms with Crippen molar-refractivity contribution >= 4 is 5.91 Å². The second-order valence-corrected chi connectivity index (χ2v) is 7.96. The number of nitroso groups, excluding NO2 is 1. The van der Waals surface area contributed by atoms with Crippen LogP contribution in [-0.4, -0.2) is 17.5 Å². The summed E-state index contributed by atoms with van der Waals surface area (Å²) >= 11 is 0. The highest BCUT2D eigenvalue weighted by Crippen LogP contribution is 2.37. The number of fused-ring (bicyclic) bond motifs is 1. The molecule has 1 atom stereocenters. The van der Waals surface area contributed by atoms with Gasteiger partial charge in [0.15, 0.2) is 0 Å². The monoisotopic (exact) mass is 418 g/mol. The molecule has 0 fully saturated rings. The number of carbonyl (C=O) groups is 1. The van der Waals surface area contributed by atoms with Gasteiger partial charge in [-0.15, -0.1) is 4.91 Å². The van der Waals surface area contributed by atoms with Crippen molar-refractivity contribution in [1.29, 1.82) is 0 Å². The molecule has 0 spiro atoms. The van der Waals surface area contributed by atoms with Crippen LogP contribution in [0.3, 0.4) is 0 Å². The molecule has 0 unspecified atom stereocenters. The molecule has 160 valence electrons. The van der Waals surface area contributed by atoms with E-state index >= 15 is 0 Å². The molecular formula is C25H26N2O4. The minimum atomic E-state index is -0.582. The second kappa shape index (κ2) is 9.25. The Morgan fingerprint density at radius 3 is 2.77 bits per heavy atom. The van der Waals surface area contributed by atoms with Crippen LogP contribution in [0.5, 0.6) is 5.75 Å². The Kier molecular flexibility index (Phi) is 6.26. The van der Waals surface area contributed by atoms with E-state index in [2.05, 4.69) is 29.2 Å².